The first kappa shape index (κ1) is 22.4. The Morgan fingerprint density at radius 2 is 1.63 bits per heavy atom. The SMILES string of the molecule is COc1ccccc1NC(=S)N[C@@H](NC(=O)c1cccc2ccccc12)C(Cl)(Cl)Cl. The average Bonchev–Trinajstić information content (AvgIpc) is 2.72. The van der Waals surface area contributed by atoms with E-state index >= 15 is 0 Å². The van der Waals surface area contributed by atoms with Crippen molar-refractivity contribution in [3.05, 3.63) is 72.3 Å². The van der Waals surface area contributed by atoms with E-state index in [1.165, 1.54) is 0 Å². The van der Waals surface area contributed by atoms with Crippen molar-refractivity contribution in [2.45, 2.75) is 9.96 Å². The molecule has 3 rings (SSSR count). The van der Waals surface area contributed by atoms with E-state index in [4.69, 9.17) is 51.8 Å². The van der Waals surface area contributed by atoms with Crippen molar-refractivity contribution in [3.8, 4) is 5.75 Å². The number of carbonyl (C=O) groups excluding carboxylic acids is 1. The second kappa shape index (κ2) is 9.71. The van der Waals surface area contributed by atoms with Gasteiger partial charge in [0.1, 0.15) is 11.9 Å². The molecule has 1 atom stereocenters. The van der Waals surface area contributed by atoms with Gasteiger partial charge < -0.3 is 20.7 Å². The van der Waals surface area contributed by atoms with Gasteiger partial charge in [-0.3, -0.25) is 4.79 Å². The van der Waals surface area contributed by atoms with Gasteiger partial charge >= 0.3 is 0 Å². The lowest BCUT2D eigenvalue weighted by molar-refractivity contribution is 0.0936. The third-order valence-corrected chi connectivity index (χ3v) is 5.14. The van der Waals surface area contributed by atoms with E-state index in [1.54, 1.807) is 31.4 Å². The molecule has 0 saturated carbocycles. The van der Waals surface area contributed by atoms with Crippen LogP contribution in [0.4, 0.5) is 5.69 Å². The number of alkyl halides is 3. The number of halogens is 3. The van der Waals surface area contributed by atoms with Gasteiger partial charge in [0.25, 0.3) is 5.91 Å². The van der Waals surface area contributed by atoms with Gasteiger partial charge in [-0.05, 0) is 41.2 Å². The fourth-order valence-electron chi connectivity index (χ4n) is 2.87. The molecule has 0 radical (unpaired) electrons. The molecule has 9 heteroatoms. The Bertz CT molecular complexity index is 1070. The number of carbonyl (C=O) groups is 1. The number of rotatable bonds is 5. The minimum Gasteiger partial charge on any atom is -0.495 e. The summed E-state index contributed by atoms with van der Waals surface area (Å²) in [6.45, 7) is 0. The van der Waals surface area contributed by atoms with Crippen LogP contribution in [0, 0.1) is 0 Å². The first-order valence-electron chi connectivity index (χ1n) is 8.85. The number of methoxy groups -OCH3 is 1. The highest BCUT2D eigenvalue weighted by molar-refractivity contribution is 7.80. The van der Waals surface area contributed by atoms with Crippen LogP contribution < -0.4 is 20.7 Å². The van der Waals surface area contributed by atoms with Crippen molar-refractivity contribution >= 4 is 74.5 Å². The average molecular weight is 483 g/mol. The maximum atomic E-state index is 12.9. The minimum absolute atomic E-state index is 0.147. The molecule has 0 fully saturated rings. The molecule has 0 aromatic heterocycles. The normalized spacial score (nSPS) is 12.1. The number of hydrogen-bond donors (Lipinski definition) is 3. The monoisotopic (exact) mass is 481 g/mol. The zero-order valence-corrected chi connectivity index (χ0v) is 18.9. The number of thiocarbonyl (C=S) groups is 1. The summed E-state index contributed by atoms with van der Waals surface area (Å²) in [5, 5.41) is 10.4. The van der Waals surface area contributed by atoms with Crippen LogP contribution in [-0.4, -0.2) is 28.1 Å². The van der Waals surface area contributed by atoms with Crippen molar-refractivity contribution < 1.29 is 9.53 Å². The van der Waals surface area contributed by atoms with Gasteiger partial charge in [-0.2, -0.15) is 0 Å². The fraction of sp³-hybridized carbons (Fsp3) is 0.143. The fourth-order valence-corrected chi connectivity index (χ4v) is 3.42. The van der Waals surface area contributed by atoms with Crippen LogP contribution in [0.25, 0.3) is 10.8 Å². The highest BCUT2D eigenvalue weighted by Gasteiger charge is 2.35. The van der Waals surface area contributed by atoms with Gasteiger partial charge in [-0.1, -0.05) is 83.3 Å². The highest BCUT2D eigenvalue weighted by Crippen LogP contribution is 2.30. The van der Waals surface area contributed by atoms with Gasteiger partial charge in [0.15, 0.2) is 5.11 Å². The molecule has 30 heavy (non-hydrogen) atoms. The van der Waals surface area contributed by atoms with E-state index in [-0.39, 0.29) is 5.11 Å². The van der Waals surface area contributed by atoms with Crippen LogP contribution >= 0.6 is 47.0 Å². The molecule has 156 valence electrons. The minimum atomic E-state index is -1.87. The Balaban J connectivity index is 1.78. The lowest BCUT2D eigenvalue weighted by Crippen LogP contribution is -2.56. The third kappa shape index (κ3) is 5.46. The highest BCUT2D eigenvalue weighted by atomic mass is 35.6. The lowest BCUT2D eigenvalue weighted by atomic mass is 10.0. The number of hydrogen-bond acceptors (Lipinski definition) is 3. The number of anilines is 1. The Morgan fingerprint density at radius 1 is 0.967 bits per heavy atom. The van der Waals surface area contributed by atoms with Crippen molar-refractivity contribution in [3.63, 3.8) is 0 Å². The van der Waals surface area contributed by atoms with Crippen LogP contribution in [-0.2, 0) is 0 Å². The molecule has 3 aromatic carbocycles. The largest absolute Gasteiger partial charge is 0.495 e. The Labute approximate surface area is 194 Å². The number of ether oxygens (including phenoxy) is 1. The van der Waals surface area contributed by atoms with Gasteiger partial charge in [-0.25, -0.2) is 0 Å². The third-order valence-electron chi connectivity index (χ3n) is 4.27. The smallest absolute Gasteiger partial charge is 0.253 e. The molecule has 0 heterocycles. The van der Waals surface area contributed by atoms with E-state index < -0.39 is 15.9 Å². The molecule has 0 bridgehead atoms. The van der Waals surface area contributed by atoms with Crippen molar-refractivity contribution in [2.24, 2.45) is 0 Å². The van der Waals surface area contributed by atoms with Crippen molar-refractivity contribution in [2.75, 3.05) is 12.4 Å². The van der Waals surface area contributed by atoms with Crippen LogP contribution in [0.15, 0.2) is 66.7 Å². The van der Waals surface area contributed by atoms with Crippen molar-refractivity contribution in [1.29, 1.82) is 0 Å². The molecular weight excluding hydrogens is 465 g/mol. The first-order valence-corrected chi connectivity index (χ1v) is 10.4. The molecule has 0 unspecified atom stereocenters. The van der Waals surface area contributed by atoms with Crippen LogP contribution in [0.5, 0.6) is 5.75 Å². The second-order valence-electron chi connectivity index (χ2n) is 6.27. The summed E-state index contributed by atoms with van der Waals surface area (Å²) in [6, 6.07) is 20.2. The summed E-state index contributed by atoms with van der Waals surface area (Å²) >= 11 is 23.6. The molecule has 3 aromatic rings. The summed E-state index contributed by atoms with van der Waals surface area (Å²) in [7, 11) is 1.55. The zero-order chi connectivity index (χ0) is 21.7. The van der Waals surface area contributed by atoms with E-state index in [0.717, 1.165) is 10.8 Å². The molecule has 0 aliphatic heterocycles. The predicted molar refractivity (Wildman–Crippen MR) is 128 cm³/mol. The number of para-hydroxylation sites is 2. The number of fused-ring (bicyclic) bond motifs is 1. The molecular formula is C21H18Cl3N3O2S. The Hall–Kier alpha value is -2.25. The topological polar surface area (TPSA) is 62.4 Å². The first-order chi connectivity index (χ1) is 14.3. The summed E-state index contributed by atoms with van der Waals surface area (Å²) in [5.41, 5.74) is 1.08. The zero-order valence-electron chi connectivity index (χ0n) is 15.8. The van der Waals surface area contributed by atoms with Gasteiger partial charge in [0.05, 0.1) is 12.8 Å². The molecule has 3 N–H and O–H groups in total. The predicted octanol–water partition coefficient (Wildman–Crippen LogP) is 5.26. The molecule has 0 saturated heterocycles. The van der Waals surface area contributed by atoms with Crippen molar-refractivity contribution in [1.82, 2.24) is 10.6 Å². The van der Waals surface area contributed by atoms with Crippen LogP contribution in [0.1, 0.15) is 10.4 Å². The molecule has 0 spiro atoms. The summed E-state index contributed by atoms with van der Waals surface area (Å²) in [6.07, 6.45) is -1.09. The lowest BCUT2D eigenvalue weighted by Gasteiger charge is -2.28. The standard InChI is InChI=1S/C21H18Cl3N3O2S/c1-29-17-12-5-4-11-16(17)25-20(30)27-19(21(22,23)24)26-18(28)15-10-6-8-13-7-2-3-9-14(13)15/h2-12,19H,1H3,(H,26,28)(H2,25,27,30)/t19-/m1/s1. The molecule has 0 aliphatic rings. The van der Waals surface area contributed by atoms with E-state index in [0.29, 0.717) is 17.0 Å². The number of benzene rings is 3. The number of nitrogens with one attached hydrogen (secondary N) is 3. The maximum absolute atomic E-state index is 12.9. The van der Waals surface area contributed by atoms with E-state index in [9.17, 15) is 4.79 Å². The Morgan fingerprint density at radius 3 is 2.37 bits per heavy atom. The summed E-state index contributed by atoms with van der Waals surface area (Å²) < 4.78 is 3.42. The van der Waals surface area contributed by atoms with Crippen LogP contribution in [0.3, 0.4) is 0 Å². The number of amides is 1. The van der Waals surface area contributed by atoms with E-state index in [1.807, 2.05) is 42.5 Å². The quantitative estimate of drug-likeness (QED) is 0.263. The maximum Gasteiger partial charge on any atom is 0.253 e. The summed E-state index contributed by atoms with van der Waals surface area (Å²) in [4.78, 5) is 12.9. The van der Waals surface area contributed by atoms with Gasteiger partial charge in [0.2, 0.25) is 3.79 Å². The Kier molecular flexibility index (Phi) is 7.26. The molecule has 5 nitrogen and oxygen atoms in total. The second-order valence-corrected chi connectivity index (χ2v) is 9.05. The molecule has 0 aliphatic carbocycles. The summed E-state index contributed by atoms with van der Waals surface area (Å²) in [5.74, 6) is 0.183. The van der Waals surface area contributed by atoms with Crippen LogP contribution in [0.2, 0.25) is 0 Å². The van der Waals surface area contributed by atoms with E-state index in [2.05, 4.69) is 16.0 Å². The van der Waals surface area contributed by atoms with Gasteiger partial charge in [0, 0.05) is 5.56 Å². The molecule has 1 amide bonds. The van der Waals surface area contributed by atoms with Gasteiger partial charge in [-0.15, -0.1) is 0 Å².